The van der Waals surface area contributed by atoms with Crippen LogP contribution in [0.25, 0.3) is 0 Å². The van der Waals surface area contributed by atoms with Crippen molar-refractivity contribution in [2.75, 3.05) is 12.4 Å². The molecule has 0 aromatic heterocycles. The molecule has 1 saturated carbocycles. The highest BCUT2D eigenvalue weighted by Crippen LogP contribution is 2.25. The largest absolute Gasteiger partial charge is 0.466 e. The number of carbonyl (C=O) groups excluding carboxylic acids is 1. The van der Waals surface area contributed by atoms with E-state index in [-0.39, 0.29) is 23.7 Å². The van der Waals surface area contributed by atoms with Gasteiger partial charge in [0.05, 0.1) is 18.3 Å². The zero-order valence-electron chi connectivity index (χ0n) is 10.4. The number of sulfonamides is 1. The lowest BCUT2D eigenvalue weighted by Gasteiger charge is -2.27. The number of hydrogen-bond donors (Lipinski definition) is 1. The summed E-state index contributed by atoms with van der Waals surface area (Å²) in [7, 11) is -3.13. The first kappa shape index (κ1) is 14.4. The van der Waals surface area contributed by atoms with Gasteiger partial charge in [0, 0.05) is 6.04 Å². The highest BCUT2D eigenvalue weighted by molar-refractivity contribution is 7.89. The van der Waals surface area contributed by atoms with E-state index in [1.165, 1.54) is 0 Å². The molecule has 1 fully saturated rings. The van der Waals surface area contributed by atoms with Crippen molar-refractivity contribution >= 4 is 16.0 Å². The molecular formula is C11H21NO4S. The first-order chi connectivity index (χ1) is 7.98. The molecule has 1 aliphatic carbocycles. The highest BCUT2D eigenvalue weighted by Gasteiger charge is 2.28. The number of hydrogen-bond acceptors (Lipinski definition) is 4. The maximum Gasteiger partial charge on any atom is 0.308 e. The third kappa shape index (κ3) is 4.63. The van der Waals surface area contributed by atoms with Crippen molar-refractivity contribution in [3.8, 4) is 0 Å². The molecule has 0 heterocycles. The van der Waals surface area contributed by atoms with Gasteiger partial charge in [0.25, 0.3) is 0 Å². The van der Waals surface area contributed by atoms with Crippen LogP contribution in [0.3, 0.4) is 0 Å². The Hall–Kier alpha value is -0.620. The van der Waals surface area contributed by atoms with Crippen LogP contribution >= 0.6 is 0 Å². The molecule has 0 aliphatic heterocycles. The first-order valence-electron chi connectivity index (χ1n) is 6.15. The van der Waals surface area contributed by atoms with E-state index in [2.05, 4.69) is 4.72 Å². The number of nitrogens with one attached hydrogen (secondary N) is 1. The van der Waals surface area contributed by atoms with E-state index in [1.54, 1.807) is 13.8 Å². The Morgan fingerprint density at radius 3 is 2.29 bits per heavy atom. The average molecular weight is 263 g/mol. The summed E-state index contributed by atoms with van der Waals surface area (Å²) in [4.78, 5) is 11.5. The fourth-order valence-electron chi connectivity index (χ4n) is 2.04. The summed E-state index contributed by atoms with van der Waals surface area (Å²) in [5, 5.41) is 0. The Morgan fingerprint density at radius 1 is 1.24 bits per heavy atom. The van der Waals surface area contributed by atoms with Crippen molar-refractivity contribution in [3.63, 3.8) is 0 Å². The van der Waals surface area contributed by atoms with Gasteiger partial charge >= 0.3 is 5.97 Å². The van der Waals surface area contributed by atoms with E-state index < -0.39 is 10.0 Å². The van der Waals surface area contributed by atoms with Crippen molar-refractivity contribution in [2.24, 2.45) is 5.92 Å². The molecular weight excluding hydrogens is 242 g/mol. The monoisotopic (exact) mass is 263 g/mol. The first-order valence-corrected chi connectivity index (χ1v) is 7.80. The fourth-order valence-corrected chi connectivity index (χ4v) is 2.95. The molecule has 6 heteroatoms. The molecule has 1 aliphatic rings. The predicted molar refractivity (Wildman–Crippen MR) is 65.0 cm³/mol. The number of rotatable bonds is 5. The van der Waals surface area contributed by atoms with Crippen LogP contribution in [0, 0.1) is 5.92 Å². The lowest BCUT2D eigenvalue weighted by molar-refractivity contribution is -0.149. The van der Waals surface area contributed by atoms with Crippen molar-refractivity contribution in [1.29, 1.82) is 0 Å². The van der Waals surface area contributed by atoms with Crippen LogP contribution in [0.5, 0.6) is 0 Å². The zero-order chi connectivity index (χ0) is 12.9. The van der Waals surface area contributed by atoms with Gasteiger partial charge in [-0.25, -0.2) is 13.1 Å². The molecule has 0 unspecified atom stereocenters. The van der Waals surface area contributed by atoms with Gasteiger partial charge in [0.15, 0.2) is 0 Å². The quantitative estimate of drug-likeness (QED) is 0.752. The summed E-state index contributed by atoms with van der Waals surface area (Å²) >= 11 is 0. The normalized spacial score (nSPS) is 25.5. The SMILES string of the molecule is CCOC(=O)C1CCC(NS(=O)(=O)CC)CC1. The second-order valence-corrected chi connectivity index (χ2v) is 6.36. The van der Waals surface area contributed by atoms with Crippen molar-refractivity contribution in [1.82, 2.24) is 4.72 Å². The molecule has 0 aromatic carbocycles. The molecule has 100 valence electrons. The van der Waals surface area contributed by atoms with Crippen LogP contribution in [0.1, 0.15) is 39.5 Å². The standard InChI is InChI=1S/C11H21NO4S/c1-3-16-11(13)9-5-7-10(8-6-9)12-17(14,15)4-2/h9-10,12H,3-8H2,1-2H3. The van der Waals surface area contributed by atoms with Gasteiger partial charge in [-0.1, -0.05) is 0 Å². The lowest BCUT2D eigenvalue weighted by Crippen LogP contribution is -2.39. The second-order valence-electron chi connectivity index (χ2n) is 4.32. The summed E-state index contributed by atoms with van der Waals surface area (Å²) < 4.78 is 30.4. The van der Waals surface area contributed by atoms with E-state index in [1.807, 2.05) is 0 Å². The molecule has 0 spiro atoms. The summed E-state index contributed by atoms with van der Waals surface area (Å²) in [6.07, 6.45) is 2.83. The van der Waals surface area contributed by atoms with Gasteiger partial charge in [0.2, 0.25) is 10.0 Å². The van der Waals surface area contributed by atoms with Crippen LogP contribution in [-0.4, -0.2) is 32.8 Å². The van der Waals surface area contributed by atoms with E-state index >= 15 is 0 Å². The molecule has 5 nitrogen and oxygen atoms in total. The molecule has 1 N–H and O–H groups in total. The van der Waals surface area contributed by atoms with Gasteiger partial charge in [0.1, 0.15) is 0 Å². The Labute approximate surface area is 103 Å². The van der Waals surface area contributed by atoms with Gasteiger partial charge in [-0.3, -0.25) is 4.79 Å². The van der Waals surface area contributed by atoms with E-state index in [4.69, 9.17) is 4.74 Å². The maximum absolute atomic E-state index is 11.5. The van der Waals surface area contributed by atoms with Crippen LogP contribution in [-0.2, 0) is 19.6 Å². The number of ether oxygens (including phenoxy) is 1. The molecule has 1 rings (SSSR count). The van der Waals surface area contributed by atoms with Crippen LogP contribution in [0.15, 0.2) is 0 Å². The Kier molecular flexibility index (Phi) is 5.39. The zero-order valence-corrected chi connectivity index (χ0v) is 11.3. The molecule has 17 heavy (non-hydrogen) atoms. The summed E-state index contributed by atoms with van der Waals surface area (Å²) in [5.41, 5.74) is 0. The second kappa shape index (κ2) is 6.35. The van der Waals surface area contributed by atoms with Crippen LogP contribution in [0.2, 0.25) is 0 Å². The smallest absolute Gasteiger partial charge is 0.308 e. The molecule has 0 amide bonds. The third-order valence-electron chi connectivity index (χ3n) is 3.07. The molecule has 0 aromatic rings. The van der Waals surface area contributed by atoms with Crippen LogP contribution < -0.4 is 4.72 Å². The van der Waals surface area contributed by atoms with Gasteiger partial charge in [-0.2, -0.15) is 0 Å². The molecule has 0 radical (unpaired) electrons. The van der Waals surface area contributed by atoms with Crippen molar-refractivity contribution < 1.29 is 17.9 Å². The molecule has 0 bridgehead atoms. The Bertz CT molecular complexity index is 344. The maximum atomic E-state index is 11.5. The van der Waals surface area contributed by atoms with E-state index in [0.717, 1.165) is 0 Å². The number of esters is 1. The van der Waals surface area contributed by atoms with E-state index in [0.29, 0.717) is 32.3 Å². The lowest BCUT2D eigenvalue weighted by atomic mass is 9.86. The topological polar surface area (TPSA) is 72.5 Å². The minimum Gasteiger partial charge on any atom is -0.466 e. The summed E-state index contributed by atoms with van der Waals surface area (Å²) in [6, 6.07) is -0.0226. The highest BCUT2D eigenvalue weighted by atomic mass is 32.2. The predicted octanol–water partition coefficient (Wildman–Crippen LogP) is 1.05. The fraction of sp³-hybridized carbons (Fsp3) is 0.909. The van der Waals surface area contributed by atoms with Gasteiger partial charge < -0.3 is 4.74 Å². The van der Waals surface area contributed by atoms with E-state index in [9.17, 15) is 13.2 Å². The Balaban J connectivity index is 2.38. The molecule has 0 atom stereocenters. The van der Waals surface area contributed by atoms with Crippen molar-refractivity contribution in [2.45, 2.75) is 45.6 Å². The van der Waals surface area contributed by atoms with Gasteiger partial charge in [-0.15, -0.1) is 0 Å². The Morgan fingerprint density at radius 2 is 1.82 bits per heavy atom. The summed E-state index contributed by atoms with van der Waals surface area (Å²) in [6.45, 7) is 3.81. The van der Waals surface area contributed by atoms with Gasteiger partial charge in [-0.05, 0) is 39.5 Å². The molecule has 0 saturated heterocycles. The van der Waals surface area contributed by atoms with Crippen molar-refractivity contribution in [3.05, 3.63) is 0 Å². The number of carbonyl (C=O) groups is 1. The van der Waals surface area contributed by atoms with Crippen LogP contribution in [0.4, 0.5) is 0 Å². The average Bonchev–Trinajstić information content (AvgIpc) is 2.30. The minimum absolute atomic E-state index is 0.0226. The third-order valence-corrected chi connectivity index (χ3v) is 4.53. The summed E-state index contributed by atoms with van der Waals surface area (Å²) in [5.74, 6) is -0.105. The minimum atomic E-state index is -3.13.